The molecule has 3 heteroatoms. The highest BCUT2D eigenvalue weighted by Gasteiger charge is 2.13. The van der Waals surface area contributed by atoms with Crippen LogP contribution in [0.5, 0.6) is 0 Å². The molecule has 0 aliphatic rings. The molecule has 0 bridgehead atoms. The van der Waals surface area contributed by atoms with Gasteiger partial charge in [0.05, 0.1) is 0 Å². The highest BCUT2D eigenvalue weighted by atomic mass is 127. The van der Waals surface area contributed by atoms with Crippen molar-refractivity contribution in [1.82, 2.24) is 4.98 Å². The molecule has 0 spiro atoms. The SMILES string of the molecule is [2H]C(C(=O)c1c[nH]c2ccccc12)c1ccccc1I. The Labute approximate surface area is 126 Å². The lowest BCUT2D eigenvalue weighted by Crippen LogP contribution is -2.04. The van der Waals surface area contributed by atoms with E-state index in [9.17, 15) is 4.79 Å². The number of nitrogens with one attached hydrogen (secondary N) is 1. The van der Waals surface area contributed by atoms with Crippen molar-refractivity contribution < 1.29 is 6.17 Å². The van der Waals surface area contributed by atoms with Crippen molar-refractivity contribution in [3.05, 3.63) is 69.4 Å². The molecule has 2 aromatic carbocycles. The van der Waals surface area contributed by atoms with E-state index in [-0.39, 0.29) is 5.78 Å². The van der Waals surface area contributed by atoms with Crippen molar-refractivity contribution in [2.75, 3.05) is 0 Å². The standard InChI is InChI=1S/C16H12INO/c17-14-7-3-1-5-11(14)9-16(19)13-10-18-15-8-4-2-6-12(13)15/h1-8,10,18H,9H2/i9D. The minimum Gasteiger partial charge on any atom is -0.360 e. The Hall–Kier alpha value is -1.62. The summed E-state index contributed by atoms with van der Waals surface area (Å²) in [6, 6.07) is 15.2. The molecule has 0 amide bonds. The van der Waals surface area contributed by atoms with E-state index in [2.05, 4.69) is 27.6 Å². The third-order valence-electron chi connectivity index (χ3n) is 3.05. The number of benzene rings is 2. The normalized spacial score (nSPS) is 13.2. The minimum atomic E-state index is -0.887. The summed E-state index contributed by atoms with van der Waals surface area (Å²) in [5.74, 6) is -0.174. The van der Waals surface area contributed by atoms with E-state index in [4.69, 9.17) is 1.37 Å². The number of carbonyl (C=O) groups excluding carboxylic acids is 1. The fourth-order valence-corrected chi connectivity index (χ4v) is 2.63. The van der Waals surface area contributed by atoms with Crippen molar-refractivity contribution in [1.29, 1.82) is 0 Å². The molecular weight excluding hydrogens is 349 g/mol. The summed E-state index contributed by atoms with van der Waals surface area (Å²) in [4.78, 5) is 15.6. The molecule has 1 unspecified atom stereocenters. The van der Waals surface area contributed by atoms with Gasteiger partial charge in [-0.2, -0.15) is 0 Å². The molecule has 0 aliphatic carbocycles. The zero-order valence-electron chi connectivity index (χ0n) is 11.1. The van der Waals surface area contributed by atoms with Crippen LogP contribution in [0.1, 0.15) is 17.3 Å². The van der Waals surface area contributed by atoms with Crippen molar-refractivity contribution in [3.63, 3.8) is 0 Å². The number of halogens is 1. The highest BCUT2D eigenvalue weighted by molar-refractivity contribution is 14.1. The summed E-state index contributed by atoms with van der Waals surface area (Å²) in [5.41, 5.74) is 2.26. The molecule has 0 aliphatic heterocycles. The van der Waals surface area contributed by atoms with E-state index < -0.39 is 6.40 Å². The van der Waals surface area contributed by atoms with E-state index >= 15 is 0 Å². The molecule has 1 N–H and O–H groups in total. The van der Waals surface area contributed by atoms with E-state index in [0.717, 1.165) is 20.0 Å². The maximum Gasteiger partial charge on any atom is 0.169 e. The van der Waals surface area contributed by atoms with Gasteiger partial charge in [-0.3, -0.25) is 4.79 Å². The average Bonchev–Trinajstić information content (AvgIpc) is 2.90. The van der Waals surface area contributed by atoms with Crippen LogP contribution in [0.3, 0.4) is 0 Å². The van der Waals surface area contributed by atoms with Crippen LogP contribution in [0.2, 0.25) is 0 Å². The number of aromatic nitrogens is 1. The van der Waals surface area contributed by atoms with Crippen LogP contribution < -0.4 is 0 Å². The lowest BCUT2D eigenvalue weighted by molar-refractivity contribution is 0.0994. The monoisotopic (exact) mass is 362 g/mol. The second-order valence-corrected chi connectivity index (χ2v) is 5.44. The van der Waals surface area contributed by atoms with E-state index in [1.807, 2.05) is 48.5 Å². The first kappa shape index (κ1) is 11.2. The average molecular weight is 362 g/mol. The molecule has 0 saturated carbocycles. The van der Waals surface area contributed by atoms with Crippen molar-refractivity contribution >= 4 is 39.3 Å². The fourth-order valence-electron chi connectivity index (χ4n) is 2.09. The van der Waals surface area contributed by atoms with Crippen LogP contribution in [0.25, 0.3) is 10.9 Å². The quantitative estimate of drug-likeness (QED) is 0.550. The zero-order chi connectivity index (χ0) is 14.1. The molecule has 3 aromatic rings. The van der Waals surface area contributed by atoms with Gasteiger partial charge in [0.15, 0.2) is 5.78 Å². The summed E-state index contributed by atoms with van der Waals surface area (Å²) in [5, 5.41) is 0.876. The van der Waals surface area contributed by atoms with Gasteiger partial charge >= 0.3 is 0 Å². The number of para-hydroxylation sites is 1. The lowest BCUT2D eigenvalue weighted by atomic mass is 10.0. The van der Waals surface area contributed by atoms with Crippen molar-refractivity contribution in [2.24, 2.45) is 0 Å². The minimum absolute atomic E-state index is 0.174. The topological polar surface area (TPSA) is 32.9 Å². The van der Waals surface area contributed by atoms with Gasteiger partial charge in [0.25, 0.3) is 0 Å². The Morgan fingerprint density at radius 3 is 2.74 bits per heavy atom. The molecule has 0 radical (unpaired) electrons. The summed E-state index contributed by atoms with van der Waals surface area (Å²) in [6.45, 7) is 0. The van der Waals surface area contributed by atoms with E-state index in [1.165, 1.54) is 0 Å². The van der Waals surface area contributed by atoms with Crippen LogP contribution in [0.4, 0.5) is 0 Å². The molecular formula is C16H12INO. The lowest BCUT2D eigenvalue weighted by Gasteiger charge is -2.03. The second kappa shape index (κ2) is 5.17. The van der Waals surface area contributed by atoms with Gasteiger partial charge in [-0.15, -0.1) is 0 Å². The number of hydrogen-bond donors (Lipinski definition) is 1. The summed E-state index contributed by atoms with van der Waals surface area (Å²) in [6.07, 6.45) is 0.812. The third-order valence-corrected chi connectivity index (χ3v) is 4.03. The molecule has 1 atom stereocenters. The summed E-state index contributed by atoms with van der Waals surface area (Å²) in [7, 11) is 0. The van der Waals surface area contributed by atoms with E-state index in [0.29, 0.717) is 5.56 Å². The van der Waals surface area contributed by atoms with Crippen LogP contribution >= 0.6 is 22.6 Å². The molecule has 19 heavy (non-hydrogen) atoms. The Morgan fingerprint density at radius 1 is 1.16 bits per heavy atom. The molecule has 0 fully saturated rings. The van der Waals surface area contributed by atoms with Gasteiger partial charge in [0.2, 0.25) is 0 Å². The van der Waals surface area contributed by atoms with Gasteiger partial charge in [0, 0.05) is 34.0 Å². The Morgan fingerprint density at radius 2 is 1.89 bits per heavy atom. The first-order chi connectivity index (χ1) is 9.68. The fraction of sp³-hybridized carbons (Fsp3) is 0.0625. The van der Waals surface area contributed by atoms with E-state index in [1.54, 1.807) is 6.20 Å². The summed E-state index contributed by atoms with van der Waals surface area (Å²) >= 11 is 2.16. The maximum absolute atomic E-state index is 12.6. The predicted molar refractivity (Wildman–Crippen MR) is 85.5 cm³/mol. The van der Waals surface area contributed by atoms with Gasteiger partial charge in [-0.1, -0.05) is 36.4 Å². The highest BCUT2D eigenvalue weighted by Crippen LogP contribution is 2.21. The number of ketones is 1. The number of rotatable bonds is 3. The largest absolute Gasteiger partial charge is 0.360 e. The van der Waals surface area contributed by atoms with Crippen LogP contribution in [0.15, 0.2) is 54.7 Å². The number of Topliss-reactive ketones (excluding diaryl/α,β-unsaturated/α-hetero) is 1. The number of hydrogen-bond acceptors (Lipinski definition) is 1. The predicted octanol–water partition coefficient (Wildman–Crippen LogP) is 4.20. The summed E-state index contributed by atoms with van der Waals surface area (Å²) < 4.78 is 9.19. The molecule has 94 valence electrons. The van der Waals surface area contributed by atoms with Gasteiger partial charge < -0.3 is 4.98 Å². The smallest absolute Gasteiger partial charge is 0.169 e. The Bertz CT molecular complexity index is 781. The number of fused-ring (bicyclic) bond motifs is 1. The van der Waals surface area contributed by atoms with Gasteiger partial charge in [-0.05, 0) is 40.3 Å². The second-order valence-electron chi connectivity index (χ2n) is 4.28. The number of H-pyrrole nitrogens is 1. The Kier molecular flexibility index (Phi) is 3.05. The molecule has 2 nitrogen and oxygen atoms in total. The van der Waals surface area contributed by atoms with Gasteiger partial charge in [0.1, 0.15) is 0 Å². The van der Waals surface area contributed by atoms with Crippen LogP contribution in [0, 0.1) is 3.57 Å². The van der Waals surface area contributed by atoms with Gasteiger partial charge in [-0.25, -0.2) is 0 Å². The zero-order valence-corrected chi connectivity index (χ0v) is 12.2. The van der Waals surface area contributed by atoms with Crippen molar-refractivity contribution in [3.8, 4) is 0 Å². The molecule has 1 heterocycles. The van der Waals surface area contributed by atoms with Crippen LogP contribution in [-0.2, 0) is 6.40 Å². The first-order valence-electron chi connectivity index (χ1n) is 6.53. The van der Waals surface area contributed by atoms with Crippen molar-refractivity contribution in [2.45, 2.75) is 6.40 Å². The number of carbonyl (C=O) groups is 1. The third kappa shape index (κ3) is 2.42. The molecule has 1 aromatic heterocycles. The Balaban J connectivity index is 2.03. The number of aromatic amines is 1. The van der Waals surface area contributed by atoms with Crippen LogP contribution in [-0.4, -0.2) is 10.8 Å². The maximum atomic E-state index is 12.6. The molecule has 0 saturated heterocycles. The molecule has 3 rings (SSSR count). The first-order valence-corrected chi connectivity index (χ1v) is 7.03.